The molecule has 1 rings (SSSR count). The summed E-state index contributed by atoms with van der Waals surface area (Å²) in [6, 6.07) is 8.10. The van der Waals surface area contributed by atoms with Crippen molar-refractivity contribution in [3.8, 4) is 0 Å². The highest BCUT2D eigenvalue weighted by Crippen LogP contribution is 2.16. The van der Waals surface area contributed by atoms with Crippen molar-refractivity contribution in [2.45, 2.75) is 25.9 Å². The number of halogens is 2. The van der Waals surface area contributed by atoms with Gasteiger partial charge in [-0.1, -0.05) is 24.3 Å². The van der Waals surface area contributed by atoms with Crippen LogP contribution in [0.4, 0.5) is 0 Å². The molecule has 0 aliphatic heterocycles. The lowest BCUT2D eigenvalue weighted by Crippen LogP contribution is -2.28. The summed E-state index contributed by atoms with van der Waals surface area (Å²) < 4.78 is 0. The minimum absolute atomic E-state index is 0. The molecule has 0 aliphatic carbocycles. The zero-order valence-corrected chi connectivity index (χ0v) is 10.1. The van der Waals surface area contributed by atoms with Crippen molar-refractivity contribution < 1.29 is 0 Å². The van der Waals surface area contributed by atoms with Gasteiger partial charge in [0.25, 0.3) is 0 Å². The zero-order chi connectivity index (χ0) is 9.19. The van der Waals surface area contributed by atoms with Gasteiger partial charge < -0.3 is 11.5 Å². The predicted octanol–water partition coefficient (Wildman–Crippen LogP) is 2.18. The molecule has 0 heterocycles. The first kappa shape index (κ1) is 16.2. The molecule has 4 heteroatoms. The van der Waals surface area contributed by atoms with Crippen LogP contribution in [0.5, 0.6) is 0 Å². The molecule has 14 heavy (non-hydrogen) atoms. The van der Waals surface area contributed by atoms with Gasteiger partial charge in [-0.25, -0.2) is 0 Å². The van der Waals surface area contributed by atoms with Gasteiger partial charge in [0, 0.05) is 12.1 Å². The Labute approximate surface area is 97.9 Å². The summed E-state index contributed by atoms with van der Waals surface area (Å²) in [5.41, 5.74) is 13.4. The lowest BCUT2D eigenvalue weighted by atomic mass is 9.95. The molecular weight excluding hydrogens is 219 g/mol. The van der Waals surface area contributed by atoms with Crippen molar-refractivity contribution in [3.63, 3.8) is 0 Å². The van der Waals surface area contributed by atoms with Crippen molar-refractivity contribution in [2.24, 2.45) is 11.5 Å². The fourth-order valence-electron chi connectivity index (χ4n) is 1.07. The predicted molar refractivity (Wildman–Crippen MR) is 66.0 cm³/mol. The van der Waals surface area contributed by atoms with Gasteiger partial charge in [-0.05, 0) is 25.0 Å². The minimum atomic E-state index is -0.257. The molecule has 0 saturated heterocycles. The van der Waals surface area contributed by atoms with E-state index in [-0.39, 0.29) is 30.4 Å². The van der Waals surface area contributed by atoms with Crippen molar-refractivity contribution in [2.75, 3.05) is 0 Å². The second-order valence-corrected chi connectivity index (χ2v) is 3.62. The maximum Gasteiger partial charge on any atom is 0.0352 e. The molecule has 1 aromatic rings. The first-order chi connectivity index (χ1) is 5.54. The van der Waals surface area contributed by atoms with E-state index in [9.17, 15) is 0 Å². The van der Waals surface area contributed by atoms with E-state index in [1.165, 1.54) is 0 Å². The molecule has 0 aromatic heterocycles. The molecule has 0 unspecified atom stereocenters. The molecular formula is C10H18Cl2N2. The summed E-state index contributed by atoms with van der Waals surface area (Å²) in [4.78, 5) is 0. The molecule has 0 amide bonds. The van der Waals surface area contributed by atoms with Crippen LogP contribution in [0, 0.1) is 0 Å². The van der Waals surface area contributed by atoms with E-state index in [0.717, 1.165) is 11.1 Å². The van der Waals surface area contributed by atoms with Gasteiger partial charge in [-0.15, -0.1) is 24.8 Å². The molecule has 0 fully saturated rings. The molecule has 4 N–H and O–H groups in total. The molecule has 0 spiro atoms. The summed E-state index contributed by atoms with van der Waals surface area (Å²) in [5, 5.41) is 0. The van der Waals surface area contributed by atoms with Gasteiger partial charge in [-0.3, -0.25) is 0 Å². The number of nitrogens with two attached hydrogens (primary N) is 2. The van der Waals surface area contributed by atoms with Gasteiger partial charge in [-0.2, -0.15) is 0 Å². The molecule has 0 aliphatic rings. The van der Waals surface area contributed by atoms with E-state index >= 15 is 0 Å². The van der Waals surface area contributed by atoms with Crippen LogP contribution in [0.2, 0.25) is 0 Å². The Morgan fingerprint density at radius 2 is 1.50 bits per heavy atom. The van der Waals surface area contributed by atoms with Gasteiger partial charge in [0.05, 0.1) is 0 Å². The van der Waals surface area contributed by atoms with Gasteiger partial charge in [0.2, 0.25) is 0 Å². The topological polar surface area (TPSA) is 52.0 Å². The Kier molecular flexibility index (Phi) is 7.21. The van der Waals surface area contributed by atoms with E-state index in [2.05, 4.69) is 0 Å². The number of hydrogen-bond donors (Lipinski definition) is 2. The Morgan fingerprint density at radius 3 is 1.79 bits per heavy atom. The van der Waals surface area contributed by atoms with Crippen LogP contribution in [-0.4, -0.2) is 0 Å². The normalized spacial score (nSPS) is 10.0. The second-order valence-electron chi connectivity index (χ2n) is 3.62. The molecule has 1 aromatic carbocycles. The highest BCUT2D eigenvalue weighted by atomic mass is 35.5. The Bertz CT molecular complexity index is 252. The van der Waals surface area contributed by atoms with Crippen molar-refractivity contribution in [3.05, 3.63) is 35.4 Å². The lowest BCUT2D eigenvalue weighted by Gasteiger charge is -2.19. The van der Waals surface area contributed by atoms with Crippen molar-refractivity contribution in [1.29, 1.82) is 0 Å². The van der Waals surface area contributed by atoms with Crippen molar-refractivity contribution in [1.82, 2.24) is 0 Å². The number of hydrogen-bond acceptors (Lipinski definition) is 2. The quantitative estimate of drug-likeness (QED) is 0.828. The van der Waals surface area contributed by atoms with Gasteiger partial charge in [0.15, 0.2) is 0 Å². The maximum atomic E-state index is 5.92. The van der Waals surface area contributed by atoms with Crippen LogP contribution in [0.15, 0.2) is 24.3 Å². The highest BCUT2D eigenvalue weighted by Gasteiger charge is 2.12. The van der Waals surface area contributed by atoms with Crippen LogP contribution in [0.3, 0.4) is 0 Å². The second kappa shape index (κ2) is 6.25. The first-order valence-electron chi connectivity index (χ1n) is 4.12. The molecule has 0 saturated carbocycles. The Morgan fingerprint density at radius 1 is 1.07 bits per heavy atom. The number of rotatable bonds is 2. The van der Waals surface area contributed by atoms with Crippen LogP contribution < -0.4 is 11.5 Å². The van der Waals surface area contributed by atoms with Gasteiger partial charge in [0.1, 0.15) is 0 Å². The van der Waals surface area contributed by atoms with E-state index in [1.54, 1.807) is 0 Å². The third-order valence-corrected chi connectivity index (χ3v) is 1.93. The van der Waals surface area contributed by atoms with Crippen LogP contribution in [-0.2, 0) is 12.1 Å². The Hall–Kier alpha value is -0.280. The summed E-state index contributed by atoms with van der Waals surface area (Å²) in [7, 11) is 0. The zero-order valence-electron chi connectivity index (χ0n) is 8.49. The average Bonchev–Trinajstić information content (AvgIpc) is 2.03. The van der Waals surface area contributed by atoms with Crippen LogP contribution >= 0.6 is 24.8 Å². The lowest BCUT2D eigenvalue weighted by molar-refractivity contribution is 0.554. The standard InChI is InChI=1S/C10H16N2.2ClH/c1-10(2,12)9-5-3-8(7-11)4-6-9;;/h3-6H,7,11-12H2,1-2H3;2*1H. The SMILES string of the molecule is CC(C)(N)c1ccc(CN)cc1.Cl.Cl. The summed E-state index contributed by atoms with van der Waals surface area (Å²) in [6.07, 6.45) is 0. The summed E-state index contributed by atoms with van der Waals surface area (Å²) in [5.74, 6) is 0. The van der Waals surface area contributed by atoms with Gasteiger partial charge >= 0.3 is 0 Å². The van der Waals surface area contributed by atoms with Crippen LogP contribution in [0.25, 0.3) is 0 Å². The third kappa shape index (κ3) is 4.29. The van der Waals surface area contributed by atoms with E-state index < -0.39 is 0 Å². The van der Waals surface area contributed by atoms with E-state index in [0.29, 0.717) is 6.54 Å². The highest BCUT2D eigenvalue weighted by molar-refractivity contribution is 5.85. The van der Waals surface area contributed by atoms with Crippen LogP contribution in [0.1, 0.15) is 25.0 Å². The first-order valence-corrected chi connectivity index (χ1v) is 4.12. The third-order valence-electron chi connectivity index (χ3n) is 1.93. The minimum Gasteiger partial charge on any atom is -0.326 e. The van der Waals surface area contributed by atoms with E-state index in [1.807, 2.05) is 38.1 Å². The smallest absolute Gasteiger partial charge is 0.0352 e. The monoisotopic (exact) mass is 236 g/mol. The van der Waals surface area contributed by atoms with E-state index in [4.69, 9.17) is 11.5 Å². The summed E-state index contributed by atoms with van der Waals surface area (Å²) >= 11 is 0. The molecule has 0 bridgehead atoms. The molecule has 0 radical (unpaired) electrons. The summed E-state index contributed by atoms with van der Waals surface area (Å²) in [6.45, 7) is 4.57. The molecule has 82 valence electrons. The fraction of sp³-hybridized carbons (Fsp3) is 0.400. The largest absolute Gasteiger partial charge is 0.326 e. The van der Waals surface area contributed by atoms with Crippen molar-refractivity contribution >= 4 is 24.8 Å². The Balaban J connectivity index is 0. The molecule has 2 nitrogen and oxygen atoms in total. The fourth-order valence-corrected chi connectivity index (χ4v) is 1.07. The molecule has 0 atom stereocenters. The number of benzene rings is 1. The maximum absolute atomic E-state index is 5.92. The average molecular weight is 237 g/mol.